The second-order valence-electron chi connectivity index (χ2n) is 5.30. The van der Waals surface area contributed by atoms with Crippen LogP contribution in [-0.4, -0.2) is 21.0 Å². The number of aromatic carboxylic acids is 1. The molecule has 0 amide bonds. The molecule has 5 heteroatoms. The van der Waals surface area contributed by atoms with Gasteiger partial charge in [0.25, 0.3) is 0 Å². The number of aromatic nitrogens is 2. The Bertz CT molecular complexity index is 636. The molecule has 0 atom stereocenters. The zero-order valence-corrected chi connectivity index (χ0v) is 12.3. The van der Waals surface area contributed by atoms with Crippen LogP contribution in [0.25, 0.3) is 0 Å². The first-order chi connectivity index (χ1) is 9.95. The van der Waals surface area contributed by atoms with Gasteiger partial charge in [-0.3, -0.25) is 0 Å². The smallest absolute Gasteiger partial charge is 0.339 e. The molecule has 0 aliphatic rings. The molecule has 0 saturated heterocycles. The third-order valence-electron chi connectivity index (χ3n) is 2.96. The number of hydrogen-bond donors (Lipinski definition) is 1. The van der Waals surface area contributed by atoms with Gasteiger partial charge in [-0.15, -0.1) is 0 Å². The van der Waals surface area contributed by atoms with Gasteiger partial charge in [0.05, 0.1) is 11.3 Å². The molecule has 1 aromatic carbocycles. The minimum absolute atomic E-state index is 0.0784. The van der Waals surface area contributed by atoms with E-state index < -0.39 is 5.97 Å². The molecular formula is C16H18N2O3. The minimum atomic E-state index is -1.04. The van der Waals surface area contributed by atoms with Crippen molar-refractivity contribution in [3.8, 4) is 11.8 Å². The van der Waals surface area contributed by atoms with Gasteiger partial charge in [-0.05, 0) is 37.0 Å². The van der Waals surface area contributed by atoms with Gasteiger partial charge in [0.1, 0.15) is 5.75 Å². The molecule has 2 aromatic rings. The van der Waals surface area contributed by atoms with E-state index in [0.29, 0.717) is 17.4 Å². The summed E-state index contributed by atoms with van der Waals surface area (Å²) < 4.78 is 5.54. The van der Waals surface area contributed by atoms with E-state index in [1.807, 2.05) is 24.3 Å². The molecule has 110 valence electrons. The Morgan fingerprint density at radius 3 is 2.48 bits per heavy atom. The van der Waals surface area contributed by atoms with Crippen molar-refractivity contribution in [2.75, 3.05) is 0 Å². The topological polar surface area (TPSA) is 72.3 Å². The van der Waals surface area contributed by atoms with Crippen LogP contribution in [0, 0.1) is 12.8 Å². The lowest BCUT2D eigenvalue weighted by molar-refractivity contribution is 0.0695. The Hall–Kier alpha value is -2.43. The summed E-state index contributed by atoms with van der Waals surface area (Å²) in [6.07, 6.45) is 2.27. The Kier molecular flexibility index (Phi) is 4.52. The average Bonchev–Trinajstić information content (AvgIpc) is 2.40. The van der Waals surface area contributed by atoms with Gasteiger partial charge in [-0.2, -0.15) is 4.98 Å². The fourth-order valence-electron chi connectivity index (χ4n) is 1.98. The zero-order chi connectivity index (χ0) is 15.4. The van der Waals surface area contributed by atoms with Crippen molar-refractivity contribution in [2.24, 2.45) is 5.92 Å². The quantitative estimate of drug-likeness (QED) is 0.911. The van der Waals surface area contributed by atoms with E-state index in [-0.39, 0.29) is 11.6 Å². The van der Waals surface area contributed by atoms with E-state index in [2.05, 4.69) is 23.8 Å². The van der Waals surface area contributed by atoms with Crippen molar-refractivity contribution in [1.29, 1.82) is 0 Å². The maximum absolute atomic E-state index is 10.9. The van der Waals surface area contributed by atoms with Crippen molar-refractivity contribution in [3.63, 3.8) is 0 Å². The molecule has 0 saturated carbocycles. The zero-order valence-electron chi connectivity index (χ0n) is 12.3. The van der Waals surface area contributed by atoms with E-state index in [0.717, 1.165) is 6.42 Å². The molecule has 0 bridgehead atoms. The first-order valence-electron chi connectivity index (χ1n) is 6.79. The van der Waals surface area contributed by atoms with Gasteiger partial charge in [-0.25, -0.2) is 9.78 Å². The average molecular weight is 286 g/mol. The van der Waals surface area contributed by atoms with Crippen LogP contribution < -0.4 is 4.74 Å². The number of nitrogens with zero attached hydrogens (tertiary/aromatic N) is 2. The van der Waals surface area contributed by atoms with Crippen LogP contribution in [0.15, 0.2) is 30.5 Å². The summed E-state index contributed by atoms with van der Waals surface area (Å²) in [5.41, 5.74) is 1.70. The Morgan fingerprint density at radius 2 is 1.95 bits per heavy atom. The summed E-state index contributed by atoms with van der Waals surface area (Å²) in [6.45, 7) is 5.96. The van der Waals surface area contributed by atoms with E-state index in [9.17, 15) is 4.79 Å². The van der Waals surface area contributed by atoms with E-state index in [1.54, 1.807) is 6.92 Å². The summed E-state index contributed by atoms with van der Waals surface area (Å²) in [6, 6.07) is 7.89. The molecule has 1 aromatic heterocycles. The number of carboxylic acids is 1. The lowest BCUT2D eigenvalue weighted by Gasteiger charge is -2.08. The molecule has 21 heavy (non-hydrogen) atoms. The highest BCUT2D eigenvalue weighted by atomic mass is 16.5. The van der Waals surface area contributed by atoms with Crippen LogP contribution in [0.2, 0.25) is 0 Å². The number of aryl methyl sites for hydroxylation is 1. The number of ether oxygens (including phenoxy) is 1. The van der Waals surface area contributed by atoms with Crippen LogP contribution in [-0.2, 0) is 6.42 Å². The number of carbonyl (C=O) groups is 1. The highest BCUT2D eigenvalue weighted by molar-refractivity contribution is 5.88. The summed E-state index contributed by atoms with van der Waals surface area (Å²) in [4.78, 5) is 18.9. The molecule has 0 aliphatic heterocycles. The number of hydrogen-bond acceptors (Lipinski definition) is 4. The highest BCUT2D eigenvalue weighted by Crippen LogP contribution is 2.20. The third-order valence-corrected chi connectivity index (χ3v) is 2.96. The van der Waals surface area contributed by atoms with Gasteiger partial charge in [0.15, 0.2) is 0 Å². The predicted molar refractivity (Wildman–Crippen MR) is 78.8 cm³/mol. The molecular weight excluding hydrogens is 268 g/mol. The first-order valence-corrected chi connectivity index (χ1v) is 6.79. The molecule has 0 radical (unpaired) electrons. The predicted octanol–water partition coefficient (Wildman–Crippen LogP) is 3.47. The largest absolute Gasteiger partial charge is 0.478 e. The number of rotatable bonds is 5. The minimum Gasteiger partial charge on any atom is -0.478 e. The monoisotopic (exact) mass is 286 g/mol. The molecule has 0 aliphatic carbocycles. The highest BCUT2D eigenvalue weighted by Gasteiger charge is 2.11. The summed E-state index contributed by atoms with van der Waals surface area (Å²) in [5, 5.41) is 8.93. The summed E-state index contributed by atoms with van der Waals surface area (Å²) in [7, 11) is 0. The van der Waals surface area contributed by atoms with Crippen LogP contribution in [0.1, 0.15) is 35.5 Å². The molecule has 5 nitrogen and oxygen atoms in total. The van der Waals surface area contributed by atoms with Crippen LogP contribution in [0.3, 0.4) is 0 Å². The van der Waals surface area contributed by atoms with E-state index >= 15 is 0 Å². The van der Waals surface area contributed by atoms with Crippen LogP contribution in [0.4, 0.5) is 0 Å². The van der Waals surface area contributed by atoms with Gasteiger partial charge < -0.3 is 9.84 Å². The lowest BCUT2D eigenvalue weighted by atomic mass is 10.0. The third kappa shape index (κ3) is 4.02. The SMILES string of the molecule is Cc1nc(Oc2ccc(CC(C)C)cc2)ncc1C(=O)O. The van der Waals surface area contributed by atoms with E-state index in [4.69, 9.17) is 9.84 Å². The molecule has 0 spiro atoms. The van der Waals surface area contributed by atoms with Crippen molar-refractivity contribution in [1.82, 2.24) is 9.97 Å². The summed E-state index contributed by atoms with van der Waals surface area (Å²) in [5.74, 6) is 0.188. The number of benzene rings is 1. The molecule has 1 heterocycles. The second-order valence-corrected chi connectivity index (χ2v) is 5.30. The maximum Gasteiger partial charge on any atom is 0.339 e. The standard InChI is InChI=1S/C16H18N2O3/c1-10(2)8-12-4-6-13(7-5-12)21-16-17-9-14(15(19)20)11(3)18-16/h4-7,9-10H,8H2,1-3H3,(H,19,20). The first kappa shape index (κ1) is 15.0. The van der Waals surface area contributed by atoms with Crippen LogP contribution in [0.5, 0.6) is 11.8 Å². The fraction of sp³-hybridized carbons (Fsp3) is 0.312. The molecule has 2 rings (SSSR count). The van der Waals surface area contributed by atoms with Crippen molar-refractivity contribution in [2.45, 2.75) is 27.2 Å². The van der Waals surface area contributed by atoms with Crippen molar-refractivity contribution < 1.29 is 14.6 Å². The Labute approximate surface area is 123 Å². The number of carboxylic acid groups (broad SMARTS) is 1. The molecule has 0 fully saturated rings. The summed E-state index contributed by atoms with van der Waals surface area (Å²) >= 11 is 0. The second kappa shape index (κ2) is 6.35. The maximum atomic E-state index is 10.9. The van der Waals surface area contributed by atoms with Crippen molar-refractivity contribution >= 4 is 5.97 Å². The Balaban J connectivity index is 2.11. The van der Waals surface area contributed by atoms with Gasteiger partial charge in [0, 0.05) is 6.20 Å². The van der Waals surface area contributed by atoms with Gasteiger partial charge >= 0.3 is 12.0 Å². The Morgan fingerprint density at radius 1 is 1.29 bits per heavy atom. The van der Waals surface area contributed by atoms with E-state index in [1.165, 1.54) is 11.8 Å². The van der Waals surface area contributed by atoms with Gasteiger partial charge in [-0.1, -0.05) is 26.0 Å². The van der Waals surface area contributed by atoms with Gasteiger partial charge in [0.2, 0.25) is 0 Å². The fourth-order valence-corrected chi connectivity index (χ4v) is 1.98. The molecule has 1 N–H and O–H groups in total. The van der Waals surface area contributed by atoms with Crippen molar-refractivity contribution in [3.05, 3.63) is 47.3 Å². The normalized spacial score (nSPS) is 10.7. The van der Waals surface area contributed by atoms with Crippen LogP contribution >= 0.6 is 0 Å². The molecule has 0 unspecified atom stereocenters. The lowest BCUT2D eigenvalue weighted by Crippen LogP contribution is -2.04.